The number of carbonyl (C=O) groups is 1. The quantitative estimate of drug-likeness (QED) is 0.664. The number of nitrogens with zero attached hydrogens (tertiary/aromatic N) is 1. The molecule has 2 aromatic carbocycles. The van der Waals surface area contributed by atoms with E-state index in [-0.39, 0.29) is 21.7 Å². The van der Waals surface area contributed by atoms with Crippen LogP contribution in [0.15, 0.2) is 58.8 Å². The van der Waals surface area contributed by atoms with Gasteiger partial charge in [-0.3, -0.25) is 4.79 Å². The third-order valence-electron chi connectivity index (χ3n) is 3.94. The fourth-order valence-electron chi connectivity index (χ4n) is 2.57. The van der Waals surface area contributed by atoms with E-state index in [2.05, 4.69) is 15.0 Å². The number of aryl methyl sites for hydroxylation is 1. The molecule has 0 radical (unpaired) electrons. The Kier molecular flexibility index (Phi) is 5.69. The number of sulfonamides is 1. The van der Waals surface area contributed by atoms with Crippen molar-refractivity contribution in [3.05, 3.63) is 65.9 Å². The SMILES string of the molecule is CNS(=O)(=O)c1sc(NC(=O)Cc2ccc(-c3ccccc3)cc2)nc1C. The Balaban J connectivity index is 1.67. The molecule has 6 nitrogen and oxygen atoms in total. The molecule has 2 N–H and O–H groups in total. The molecule has 0 aliphatic rings. The fourth-order valence-corrected chi connectivity index (χ4v) is 4.83. The van der Waals surface area contributed by atoms with Crippen LogP contribution in [-0.4, -0.2) is 26.4 Å². The summed E-state index contributed by atoms with van der Waals surface area (Å²) in [6.45, 7) is 1.60. The van der Waals surface area contributed by atoms with Crippen LogP contribution in [0.4, 0.5) is 5.13 Å². The van der Waals surface area contributed by atoms with Crippen LogP contribution in [0.3, 0.4) is 0 Å². The van der Waals surface area contributed by atoms with Crippen molar-refractivity contribution in [2.75, 3.05) is 12.4 Å². The summed E-state index contributed by atoms with van der Waals surface area (Å²) in [4.78, 5) is 16.4. The molecule has 0 saturated carbocycles. The van der Waals surface area contributed by atoms with Gasteiger partial charge in [0.1, 0.15) is 0 Å². The van der Waals surface area contributed by atoms with Gasteiger partial charge in [0, 0.05) is 0 Å². The Morgan fingerprint density at radius 1 is 1.04 bits per heavy atom. The molecule has 0 fully saturated rings. The molecule has 1 aromatic heterocycles. The standard InChI is InChI=1S/C19H19N3O3S2/c1-13-18(27(24,25)20-2)26-19(21-13)22-17(23)12-14-8-10-16(11-9-14)15-6-4-3-5-7-15/h3-11,20H,12H2,1-2H3,(H,21,22,23). The van der Waals surface area contributed by atoms with Crippen LogP contribution in [0.1, 0.15) is 11.3 Å². The second-order valence-electron chi connectivity index (χ2n) is 5.89. The zero-order chi connectivity index (χ0) is 19.4. The van der Waals surface area contributed by atoms with Gasteiger partial charge in [-0.2, -0.15) is 0 Å². The zero-order valence-electron chi connectivity index (χ0n) is 14.9. The number of nitrogens with one attached hydrogen (secondary N) is 2. The van der Waals surface area contributed by atoms with Crippen molar-refractivity contribution in [2.24, 2.45) is 0 Å². The first-order valence-electron chi connectivity index (χ1n) is 8.24. The Bertz CT molecular complexity index is 1040. The maximum atomic E-state index is 12.3. The van der Waals surface area contributed by atoms with Crippen LogP contribution in [0, 0.1) is 6.92 Å². The molecule has 1 heterocycles. The molecule has 0 spiro atoms. The van der Waals surface area contributed by atoms with Gasteiger partial charge < -0.3 is 5.32 Å². The average molecular weight is 402 g/mol. The minimum absolute atomic E-state index is 0.104. The van der Waals surface area contributed by atoms with Crippen molar-refractivity contribution >= 4 is 32.4 Å². The summed E-state index contributed by atoms with van der Waals surface area (Å²) >= 11 is 0.936. The summed E-state index contributed by atoms with van der Waals surface area (Å²) in [5.74, 6) is -0.246. The Hall–Kier alpha value is -2.55. The largest absolute Gasteiger partial charge is 0.302 e. The first-order valence-corrected chi connectivity index (χ1v) is 10.5. The van der Waals surface area contributed by atoms with Gasteiger partial charge in [-0.1, -0.05) is 65.9 Å². The smallest absolute Gasteiger partial charge is 0.251 e. The van der Waals surface area contributed by atoms with Crippen LogP contribution < -0.4 is 10.0 Å². The number of rotatable bonds is 6. The minimum Gasteiger partial charge on any atom is -0.302 e. The molecule has 0 unspecified atom stereocenters. The Labute approximate surface area is 162 Å². The van der Waals surface area contributed by atoms with Crippen molar-refractivity contribution in [3.8, 4) is 11.1 Å². The van der Waals surface area contributed by atoms with E-state index in [1.165, 1.54) is 7.05 Å². The number of benzene rings is 2. The molecule has 27 heavy (non-hydrogen) atoms. The van der Waals surface area contributed by atoms with Crippen LogP contribution in [-0.2, 0) is 21.2 Å². The monoisotopic (exact) mass is 401 g/mol. The van der Waals surface area contributed by atoms with Gasteiger partial charge in [0.25, 0.3) is 10.0 Å². The van der Waals surface area contributed by atoms with E-state index < -0.39 is 10.0 Å². The number of anilines is 1. The van der Waals surface area contributed by atoms with Crippen molar-refractivity contribution in [1.29, 1.82) is 0 Å². The Morgan fingerprint density at radius 2 is 1.67 bits per heavy atom. The molecular formula is C19H19N3O3S2. The molecule has 0 atom stereocenters. The lowest BCUT2D eigenvalue weighted by atomic mass is 10.0. The van der Waals surface area contributed by atoms with Crippen molar-refractivity contribution in [1.82, 2.24) is 9.71 Å². The first kappa shape index (κ1) is 19.2. The Morgan fingerprint density at radius 3 is 2.30 bits per heavy atom. The number of carbonyl (C=O) groups excluding carboxylic acids is 1. The molecule has 0 bridgehead atoms. The van der Waals surface area contributed by atoms with Gasteiger partial charge in [0.15, 0.2) is 9.34 Å². The first-order chi connectivity index (χ1) is 12.9. The predicted octanol–water partition coefficient (Wildman–Crippen LogP) is 3.21. The zero-order valence-corrected chi connectivity index (χ0v) is 16.5. The van der Waals surface area contributed by atoms with Crippen LogP contribution in [0.2, 0.25) is 0 Å². The fraction of sp³-hybridized carbons (Fsp3) is 0.158. The highest BCUT2D eigenvalue weighted by Crippen LogP contribution is 2.27. The molecule has 0 saturated heterocycles. The molecule has 1 amide bonds. The van der Waals surface area contributed by atoms with E-state index in [1.54, 1.807) is 6.92 Å². The number of amides is 1. The number of hydrogen-bond acceptors (Lipinski definition) is 5. The molecule has 140 valence electrons. The number of aromatic nitrogens is 1. The topological polar surface area (TPSA) is 88.2 Å². The number of hydrogen-bond donors (Lipinski definition) is 2. The van der Waals surface area contributed by atoms with E-state index in [9.17, 15) is 13.2 Å². The third-order valence-corrected chi connectivity index (χ3v) is 7.04. The summed E-state index contributed by atoms with van der Waals surface area (Å²) in [5, 5.41) is 2.94. The lowest BCUT2D eigenvalue weighted by Crippen LogP contribution is -2.18. The predicted molar refractivity (Wildman–Crippen MR) is 107 cm³/mol. The summed E-state index contributed by atoms with van der Waals surface area (Å²) in [6, 6.07) is 17.8. The van der Waals surface area contributed by atoms with Crippen LogP contribution in [0.25, 0.3) is 11.1 Å². The van der Waals surface area contributed by atoms with Crippen LogP contribution >= 0.6 is 11.3 Å². The lowest BCUT2D eigenvalue weighted by molar-refractivity contribution is -0.115. The third kappa shape index (κ3) is 4.60. The minimum atomic E-state index is -3.58. The molecule has 8 heteroatoms. The molecule has 3 rings (SSSR count). The van der Waals surface area contributed by atoms with Gasteiger partial charge in [-0.15, -0.1) is 0 Å². The lowest BCUT2D eigenvalue weighted by Gasteiger charge is -2.05. The highest BCUT2D eigenvalue weighted by atomic mass is 32.2. The van der Waals surface area contributed by atoms with Crippen LogP contribution in [0.5, 0.6) is 0 Å². The highest BCUT2D eigenvalue weighted by Gasteiger charge is 2.20. The molecule has 3 aromatic rings. The van der Waals surface area contributed by atoms with Gasteiger partial charge >= 0.3 is 0 Å². The summed E-state index contributed by atoms with van der Waals surface area (Å²) in [5.41, 5.74) is 3.42. The summed E-state index contributed by atoms with van der Waals surface area (Å²) in [7, 11) is -2.24. The number of thiazole rings is 1. The molecule has 0 aliphatic carbocycles. The normalized spacial score (nSPS) is 11.3. The highest BCUT2D eigenvalue weighted by molar-refractivity contribution is 7.91. The maximum Gasteiger partial charge on any atom is 0.251 e. The summed E-state index contributed by atoms with van der Waals surface area (Å²) in [6.07, 6.45) is 0.182. The van der Waals surface area contributed by atoms with Crippen molar-refractivity contribution in [3.63, 3.8) is 0 Å². The van der Waals surface area contributed by atoms with E-state index in [0.717, 1.165) is 28.0 Å². The van der Waals surface area contributed by atoms with Gasteiger partial charge in [-0.25, -0.2) is 18.1 Å². The van der Waals surface area contributed by atoms with E-state index >= 15 is 0 Å². The second kappa shape index (κ2) is 7.99. The average Bonchev–Trinajstić information content (AvgIpc) is 3.04. The van der Waals surface area contributed by atoms with Crippen molar-refractivity contribution < 1.29 is 13.2 Å². The van der Waals surface area contributed by atoms with Crippen molar-refractivity contribution in [2.45, 2.75) is 17.6 Å². The molecule has 0 aliphatic heterocycles. The van der Waals surface area contributed by atoms with E-state index in [1.807, 2.05) is 54.6 Å². The summed E-state index contributed by atoms with van der Waals surface area (Å²) < 4.78 is 26.2. The van der Waals surface area contributed by atoms with Gasteiger partial charge in [-0.05, 0) is 30.7 Å². The molecular weight excluding hydrogens is 382 g/mol. The van der Waals surface area contributed by atoms with Gasteiger partial charge in [0.05, 0.1) is 12.1 Å². The second-order valence-corrected chi connectivity index (χ2v) is 8.97. The van der Waals surface area contributed by atoms with E-state index in [4.69, 9.17) is 0 Å². The maximum absolute atomic E-state index is 12.3. The van der Waals surface area contributed by atoms with Gasteiger partial charge in [0.2, 0.25) is 5.91 Å². The van der Waals surface area contributed by atoms with E-state index in [0.29, 0.717) is 5.69 Å².